The average Bonchev–Trinajstić information content (AvgIpc) is 2.78. The van der Waals surface area contributed by atoms with Crippen molar-refractivity contribution < 1.29 is 27.5 Å². The molecule has 1 fully saturated rings. The molecule has 1 heterocycles. The maximum Gasteiger partial charge on any atom is 0.416 e. The predicted octanol–water partition coefficient (Wildman–Crippen LogP) is 4.03. The molecule has 2 aromatic rings. The van der Waals surface area contributed by atoms with E-state index in [-0.39, 0.29) is 37.3 Å². The Hall–Kier alpha value is -3.03. The fourth-order valence-electron chi connectivity index (χ4n) is 3.49. The van der Waals surface area contributed by atoms with Crippen LogP contribution in [0.3, 0.4) is 0 Å². The van der Waals surface area contributed by atoms with Crippen molar-refractivity contribution >= 4 is 11.8 Å². The Morgan fingerprint density at radius 1 is 1.06 bits per heavy atom. The number of amides is 2. The van der Waals surface area contributed by atoms with Crippen LogP contribution in [0.4, 0.5) is 13.2 Å². The number of hydrogen-bond acceptors (Lipinski definition) is 3. The number of likely N-dealkylation sites (tertiary alicyclic amines) is 1. The number of alkyl halides is 3. The van der Waals surface area contributed by atoms with Crippen LogP contribution in [0, 0.1) is 5.92 Å². The molecule has 2 aromatic carbocycles. The number of rotatable bonds is 7. The lowest BCUT2D eigenvalue weighted by Crippen LogP contribution is -2.45. The molecule has 0 aliphatic carbocycles. The van der Waals surface area contributed by atoms with E-state index in [1.807, 2.05) is 30.3 Å². The zero-order valence-electron chi connectivity index (χ0n) is 17.0. The molecule has 1 N–H and O–H groups in total. The normalized spacial score (nSPS) is 16.6. The lowest BCUT2D eigenvalue weighted by molar-refractivity contribution is -0.138. The summed E-state index contributed by atoms with van der Waals surface area (Å²) in [7, 11) is 0. The smallest absolute Gasteiger partial charge is 0.416 e. The van der Waals surface area contributed by atoms with Crippen LogP contribution in [0.5, 0.6) is 5.75 Å². The van der Waals surface area contributed by atoms with Crippen molar-refractivity contribution in [2.45, 2.75) is 32.0 Å². The molecule has 2 amide bonds. The van der Waals surface area contributed by atoms with Crippen LogP contribution in [0.25, 0.3) is 0 Å². The first-order valence-electron chi connectivity index (χ1n) is 10.2. The average molecular weight is 434 g/mol. The number of para-hydroxylation sites is 1. The number of carbonyl (C=O) groups excluding carboxylic acids is 2. The van der Waals surface area contributed by atoms with Gasteiger partial charge < -0.3 is 15.0 Å². The molecule has 1 aliphatic heterocycles. The number of benzene rings is 2. The summed E-state index contributed by atoms with van der Waals surface area (Å²) in [5.74, 6) is 0.116. The molecule has 166 valence electrons. The van der Waals surface area contributed by atoms with Crippen molar-refractivity contribution in [2.75, 3.05) is 19.7 Å². The van der Waals surface area contributed by atoms with E-state index in [2.05, 4.69) is 5.32 Å². The van der Waals surface area contributed by atoms with Crippen molar-refractivity contribution in [1.29, 1.82) is 0 Å². The molecule has 0 radical (unpaired) electrons. The Bertz CT molecular complexity index is 870. The van der Waals surface area contributed by atoms with Crippen molar-refractivity contribution in [3.63, 3.8) is 0 Å². The Morgan fingerprint density at radius 3 is 2.45 bits per heavy atom. The van der Waals surface area contributed by atoms with Crippen molar-refractivity contribution in [3.8, 4) is 5.75 Å². The third kappa shape index (κ3) is 6.73. The van der Waals surface area contributed by atoms with Crippen molar-refractivity contribution in [3.05, 3.63) is 65.7 Å². The maximum atomic E-state index is 12.6. The molecule has 1 atom stereocenters. The minimum atomic E-state index is -4.38. The first-order valence-corrected chi connectivity index (χ1v) is 10.2. The number of hydrogen-bond donors (Lipinski definition) is 1. The van der Waals surface area contributed by atoms with Gasteiger partial charge in [0.05, 0.1) is 24.5 Å². The fraction of sp³-hybridized carbons (Fsp3) is 0.391. The molecule has 1 unspecified atom stereocenters. The van der Waals surface area contributed by atoms with Gasteiger partial charge >= 0.3 is 6.18 Å². The van der Waals surface area contributed by atoms with Crippen molar-refractivity contribution in [2.24, 2.45) is 5.92 Å². The number of nitrogens with zero attached hydrogens (tertiary/aromatic N) is 1. The lowest BCUT2D eigenvalue weighted by Gasteiger charge is -2.32. The third-order valence-corrected chi connectivity index (χ3v) is 5.22. The van der Waals surface area contributed by atoms with Crippen LogP contribution >= 0.6 is 0 Å². The van der Waals surface area contributed by atoms with Gasteiger partial charge in [0.2, 0.25) is 11.8 Å². The van der Waals surface area contributed by atoms with E-state index >= 15 is 0 Å². The molecule has 5 nitrogen and oxygen atoms in total. The van der Waals surface area contributed by atoms with Gasteiger partial charge in [-0.2, -0.15) is 13.2 Å². The summed E-state index contributed by atoms with van der Waals surface area (Å²) in [6.45, 7) is 1.35. The van der Waals surface area contributed by atoms with E-state index in [1.165, 1.54) is 12.1 Å². The zero-order chi connectivity index (χ0) is 22.3. The van der Waals surface area contributed by atoms with Crippen LogP contribution in [0.15, 0.2) is 54.6 Å². The minimum Gasteiger partial charge on any atom is -0.493 e. The number of carbonyl (C=O) groups is 2. The molecular weight excluding hydrogens is 409 g/mol. The summed E-state index contributed by atoms with van der Waals surface area (Å²) in [6, 6.07) is 13.9. The van der Waals surface area contributed by atoms with Crippen molar-refractivity contribution in [1.82, 2.24) is 10.2 Å². The van der Waals surface area contributed by atoms with Gasteiger partial charge in [-0.15, -0.1) is 0 Å². The standard InChI is InChI=1S/C23H25F3N2O3/c24-23(25,26)19-10-8-17(9-11-19)15-27-22(30)18-5-4-13-28(16-18)21(29)12-14-31-20-6-2-1-3-7-20/h1-3,6-11,18H,4-5,12-16H2,(H,27,30). The molecule has 3 rings (SSSR count). The van der Waals surface area contributed by atoms with E-state index in [0.717, 1.165) is 18.6 Å². The molecule has 1 aliphatic rings. The second-order valence-electron chi connectivity index (χ2n) is 7.50. The number of ether oxygens (including phenoxy) is 1. The van der Waals surface area contributed by atoms with Crippen LogP contribution in [-0.4, -0.2) is 36.4 Å². The minimum absolute atomic E-state index is 0.0591. The molecule has 0 bridgehead atoms. The maximum absolute atomic E-state index is 12.6. The van der Waals surface area contributed by atoms with Crippen LogP contribution < -0.4 is 10.1 Å². The summed E-state index contributed by atoms with van der Waals surface area (Å²) in [6.07, 6.45) is -2.76. The Morgan fingerprint density at radius 2 is 1.77 bits per heavy atom. The molecule has 8 heteroatoms. The first kappa shape index (κ1) is 22.7. The van der Waals surface area contributed by atoms with Crippen LogP contribution in [0.1, 0.15) is 30.4 Å². The second kappa shape index (κ2) is 10.3. The van der Waals surface area contributed by atoms with Gasteiger partial charge in [0.1, 0.15) is 5.75 Å². The topological polar surface area (TPSA) is 58.6 Å². The number of piperidine rings is 1. The third-order valence-electron chi connectivity index (χ3n) is 5.22. The Balaban J connectivity index is 1.43. The van der Waals surface area contributed by atoms with E-state index < -0.39 is 11.7 Å². The zero-order valence-corrected chi connectivity index (χ0v) is 17.0. The van der Waals surface area contributed by atoms with Gasteiger partial charge in [-0.3, -0.25) is 9.59 Å². The highest BCUT2D eigenvalue weighted by Crippen LogP contribution is 2.29. The highest BCUT2D eigenvalue weighted by atomic mass is 19.4. The molecule has 0 saturated carbocycles. The van der Waals surface area contributed by atoms with Gasteiger partial charge in [0, 0.05) is 19.6 Å². The summed E-state index contributed by atoms with van der Waals surface area (Å²) in [5, 5.41) is 2.77. The monoisotopic (exact) mass is 434 g/mol. The Labute approximate surface area is 179 Å². The predicted molar refractivity (Wildman–Crippen MR) is 109 cm³/mol. The van der Waals surface area contributed by atoms with Crippen LogP contribution in [0.2, 0.25) is 0 Å². The number of nitrogens with one attached hydrogen (secondary N) is 1. The van der Waals surface area contributed by atoms with E-state index in [9.17, 15) is 22.8 Å². The summed E-state index contributed by atoms with van der Waals surface area (Å²) in [4.78, 5) is 26.7. The quantitative estimate of drug-likeness (QED) is 0.716. The van der Waals surface area contributed by atoms with Gasteiger partial charge in [0.15, 0.2) is 0 Å². The van der Waals surface area contributed by atoms with E-state index in [0.29, 0.717) is 30.8 Å². The van der Waals surface area contributed by atoms with Crippen LogP contribution in [-0.2, 0) is 22.3 Å². The number of halogens is 3. The molecule has 0 aromatic heterocycles. The highest BCUT2D eigenvalue weighted by molar-refractivity contribution is 5.81. The SMILES string of the molecule is O=C(NCc1ccc(C(F)(F)F)cc1)C1CCCN(C(=O)CCOc2ccccc2)C1. The molecule has 1 saturated heterocycles. The van der Waals surface area contributed by atoms with E-state index in [1.54, 1.807) is 4.90 Å². The lowest BCUT2D eigenvalue weighted by atomic mass is 9.96. The second-order valence-corrected chi connectivity index (χ2v) is 7.50. The first-order chi connectivity index (χ1) is 14.8. The van der Waals surface area contributed by atoms with E-state index in [4.69, 9.17) is 4.74 Å². The van der Waals surface area contributed by atoms with Gasteiger partial charge in [-0.1, -0.05) is 30.3 Å². The molecule has 0 spiro atoms. The summed E-state index contributed by atoms with van der Waals surface area (Å²) >= 11 is 0. The van der Waals surface area contributed by atoms with Gasteiger partial charge in [0.25, 0.3) is 0 Å². The summed E-state index contributed by atoms with van der Waals surface area (Å²) < 4.78 is 43.5. The largest absolute Gasteiger partial charge is 0.493 e. The van der Waals surface area contributed by atoms with Gasteiger partial charge in [-0.25, -0.2) is 0 Å². The molecule has 31 heavy (non-hydrogen) atoms. The molecular formula is C23H25F3N2O3. The summed E-state index contributed by atoms with van der Waals surface area (Å²) in [5.41, 5.74) is -0.136. The van der Waals surface area contributed by atoms with Gasteiger partial charge in [-0.05, 0) is 42.7 Å². The highest BCUT2D eigenvalue weighted by Gasteiger charge is 2.30. The fourth-order valence-corrected chi connectivity index (χ4v) is 3.49. The Kier molecular flexibility index (Phi) is 7.55.